The van der Waals surface area contributed by atoms with Gasteiger partial charge in [-0.05, 0) is 42.8 Å². The van der Waals surface area contributed by atoms with Crippen molar-refractivity contribution in [3.05, 3.63) is 60.4 Å². The van der Waals surface area contributed by atoms with E-state index in [1.165, 1.54) is 29.1 Å². The van der Waals surface area contributed by atoms with Gasteiger partial charge < -0.3 is 21.1 Å². The van der Waals surface area contributed by atoms with Crippen LogP contribution in [-0.4, -0.2) is 49.0 Å². The van der Waals surface area contributed by atoms with E-state index in [0.717, 1.165) is 24.3 Å². The van der Waals surface area contributed by atoms with E-state index in [-0.39, 0.29) is 23.0 Å². The minimum atomic E-state index is -0.763. The number of aryl methyl sites for hydroxylation is 1. The van der Waals surface area contributed by atoms with Crippen LogP contribution >= 0.6 is 0 Å². The van der Waals surface area contributed by atoms with Crippen LogP contribution in [0.3, 0.4) is 0 Å². The van der Waals surface area contributed by atoms with E-state index in [1.807, 2.05) is 17.0 Å². The van der Waals surface area contributed by atoms with E-state index in [1.54, 1.807) is 19.3 Å². The maximum absolute atomic E-state index is 14.8. The molecule has 9 nitrogen and oxygen atoms in total. The molecule has 4 N–H and O–H groups in total. The van der Waals surface area contributed by atoms with Crippen molar-refractivity contribution < 1.29 is 13.9 Å². The Morgan fingerprint density at radius 1 is 1.12 bits per heavy atom. The Morgan fingerprint density at radius 2 is 1.97 bits per heavy atom. The molecule has 1 aromatic carbocycles. The molecule has 0 aliphatic carbocycles. The van der Waals surface area contributed by atoms with Gasteiger partial charge in [0.2, 0.25) is 5.95 Å². The fraction of sp³-hybridized carbons (Fsp3) is 0.217. The predicted octanol–water partition coefficient (Wildman–Crippen LogP) is 3.11. The molecule has 0 radical (unpaired) electrons. The molecule has 0 spiro atoms. The molecule has 5 rings (SSSR count). The lowest BCUT2D eigenvalue weighted by molar-refractivity contribution is 0.198. The van der Waals surface area contributed by atoms with Crippen molar-refractivity contribution in [2.75, 3.05) is 29.0 Å². The molecule has 1 atom stereocenters. The third-order valence-corrected chi connectivity index (χ3v) is 5.69. The van der Waals surface area contributed by atoms with Crippen LogP contribution in [0, 0.1) is 11.6 Å². The van der Waals surface area contributed by atoms with Gasteiger partial charge >= 0.3 is 0 Å². The van der Waals surface area contributed by atoms with Gasteiger partial charge in [0.1, 0.15) is 11.6 Å². The Bertz CT molecular complexity index is 1340. The highest BCUT2D eigenvalue weighted by Crippen LogP contribution is 2.30. The van der Waals surface area contributed by atoms with Crippen LogP contribution in [0.15, 0.2) is 48.8 Å². The van der Waals surface area contributed by atoms with Crippen LogP contribution < -0.4 is 16.0 Å². The zero-order valence-electron chi connectivity index (χ0n) is 18.3. The highest BCUT2D eigenvalue weighted by molar-refractivity contribution is 5.70. The normalized spacial score (nSPS) is 15.6. The maximum Gasteiger partial charge on any atom is 0.225 e. The Hall–Kier alpha value is -4.12. The molecule has 1 unspecified atom stereocenters. The number of anilines is 4. The fourth-order valence-electron chi connectivity index (χ4n) is 3.88. The summed E-state index contributed by atoms with van der Waals surface area (Å²) in [6.45, 7) is 1.33. The summed E-state index contributed by atoms with van der Waals surface area (Å²) in [7, 11) is 1.71. The number of aromatic nitrogens is 5. The SMILES string of the molecule is Cn1nc(-c2ccc(N3CCC(O)C3)nc2)nc1Nc1ccc(-c2ccnc(N)c2F)c(F)c1. The molecular formula is C23H22F2N8O. The van der Waals surface area contributed by atoms with E-state index in [2.05, 4.69) is 25.4 Å². The maximum atomic E-state index is 14.8. The van der Waals surface area contributed by atoms with Crippen molar-refractivity contribution in [2.45, 2.75) is 12.5 Å². The fourth-order valence-corrected chi connectivity index (χ4v) is 3.88. The summed E-state index contributed by atoms with van der Waals surface area (Å²) >= 11 is 0. The van der Waals surface area contributed by atoms with Gasteiger partial charge in [-0.2, -0.15) is 4.98 Å². The monoisotopic (exact) mass is 464 g/mol. The molecule has 174 valence electrons. The van der Waals surface area contributed by atoms with Crippen LogP contribution in [0.1, 0.15) is 6.42 Å². The molecule has 1 aliphatic heterocycles. The molecule has 0 bridgehead atoms. The number of pyridine rings is 2. The van der Waals surface area contributed by atoms with Crippen LogP contribution in [0.5, 0.6) is 0 Å². The molecule has 3 aromatic heterocycles. The highest BCUT2D eigenvalue weighted by atomic mass is 19.1. The van der Waals surface area contributed by atoms with Crippen molar-refractivity contribution in [3.8, 4) is 22.5 Å². The Labute approximate surface area is 193 Å². The van der Waals surface area contributed by atoms with Crippen LogP contribution in [0.2, 0.25) is 0 Å². The Kier molecular flexibility index (Phi) is 5.54. The van der Waals surface area contributed by atoms with E-state index in [4.69, 9.17) is 5.73 Å². The molecule has 4 heterocycles. The van der Waals surface area contributed by atoms with Crippen molar-refractivity contribution >= 4 is 23.3 Å². The number of nitrogens with one attached hydrogen (secondary N) is 1. The van der Waals surface area contributed by atoms with E-state index in [0.29, 0.717) is 24.0 Å². The first-order valence-electron chi connectivity index (χ1n) is 10.7. The summed E-state index contributed by atoms with van der Waals surface area (Å²) in [5.41, 5.74) is 6.76. The third kappa shape index (κ3) is 4.13. The number of benzene rings is 1. The van der Waals surface area contributed by atoms with Crippen LogP contribution in [-0.2, 0) is 7.05 Å². The molecule has 0 saturated carbocycles. The number of nitrogen functional groups attached to an aromatic ring is 1. The second-order valence-corrected chi connectivity index (χ2v) is 8.05. The predicted molar refractivity (Wildman–Crippen MR) is 124 cm³/mol. The lowest BCUT2D eigenvalue weighted by Crippen LogP contribution is -2.21. The highest BCUT2D eigenvalue weighted by Gasteiger charge is 2.21. The standard InChI is InChI=1S/C23H22F2N8O/c1-32-23(29-14-3-4-16(18(24)10-14)17-6-8-27-21(26)20(17)25)30-22(31-32)13-2-5-19(28-11-13)33-9-7-15(34)12-33/h2-6,8,10-11,15,34H,7,9,12H2,1H3,(H2,26,27)(H,29,30,31). The molecule has 1 saturated heterocycles. The first-order valence-corrected chi connectivity index (χ1v) is 10.7. The van der Waals surface area contributed by atoms with Crippen LogP contribution in [0.25, 0.3) is 22.5 Å². The molecule has 11 heteroatoms. The molecule has 34 heavy (non-hydrogen) atoms. The lowest BCUT2D eigenvalue weighted by Gasteiger charge is -2.16. The average molecular weight is 464 g/mol. The Morgan fingerprint density at radius 3 is 2.68 bits per heavy atom. The van der Waals surface area contributed by atoms with Gasteiger partial charge in [-0.15, -0.1) is 5.10 Å². The summed E-state index contributed by atoms with van der Waals surface area (Å²) in [6.07, 6.45) is 3.42. The molecule has 1 fully saturated rings. The van der Waals surface area contributed by atoms with Gasteiger partial charge in [-0.1, -0.05) is 0 Å². The average Bonchev–Trinajstić information content (AvgIpc) is 3.42. The van der Waals surface area contributed by atoms with Gasteiger partial charge in [0.05, 0.1) is 6.10 Å². The zero-order valence-corrected chi connectivity index (χ0v) is 18.3. The number of β-amino-alcohol motifs (C(OH)–C–C–N with tert-alkyl or cyclic N) is 1. The summed E-state index contributed by atoms with van der Waals surface area (Å²) < 4.78 is 30.6. The van der Waals surface area contributed by atoms with E-state index in [9.17, 15) is 13.9 Å². The van der Waals surface area contributed by atoms with Crippen molar-refractivity contribution in [3.63, 3.8) is 0 Å². The van der Waals surface area contributed by atoms with Gasteiger partial charge in [-0.25, -0.2) is 23.4 Å². The lowest BCUT2D eigenvalue weighted by atomic mass is 10.1. The van der Waals surface area contributed by atoms with Gasteiger partial charge in [-0.3, -0.25) is 0 Å². The molecular weight excluding hydrogens is 442 g/mol. The number of hydrogen-bond acceptors (Lipinski definition) is 8. The summed E-state index contributed by atoms with van der Waals surface area (Å²) in [5.74, 6) is -0.0294. The second-order valence-electron chi connectivity index (χ2n) is 8.05. The second kappa shape index (κ2) is 8.67. The molecule has 4 aromatic rings. The third-order valence-electron chi connectivity index (χ3n) is 5.69. The topological polar surface area (TPSA) is 118 Å². The summed E-state index contributed by atoms with van der Waals surface area (Å²) in [6, 6.07) is 9.44. The number of aliphatic hydroxyl groups excluding tert-OH is 1. The minimum Gasteiger partial charge on any atom is -0.391 e. The number of nitrogens with two attached hydrogens (primary N) is 1. The zero-order chi connectivity index (χ0) is 23.8. The molecule has 0 amide bonds. The minimum absolute atomic E-state index is 0.0388. The Balaban J connectivity index is 1.35. The van der Waals surface area contributed by atoms with Gasteiger partial charge in [0, 0.05) is 54.9 Å². The number of nitrogens with zero attached hydrogens (tertiary/aromatic N) is 6. The van der Waals surface area contributed by atoms with Gasteiger partial charge in [0.25, 0.3) is 0 Å². The van der Waals surface area contributed by atoms with E-state index >= 15 is 0 Å². The first-order chi connectivity index (χ1) is 16.4. The molecule has 1 aliphatic rings. The first kappa shape index (κ1) is 21.7. The quantitative estimate of drug-likeness (QED) is 0.412. The van der Waals surface area contributed by atoms with Crippen molar-refractivity contribution in [1.82, 2.24) is 24.7 Å². The summed E-state index contributed by atoms with van der Waals surface area (Å²) in [5, 5.41) is 17.2. The van der Waals surface area contributed by atoms with Crippen molar-refractivity contribution in [2.24, 2.45) is 7.05 Å². The van der Waals surface area contributed by atoms with Crippen LogP contribution in [0.4, 0.5) is 32.1 Å². The summed E-state index contributed by atoms with van der Waals surface area (Å²) in [4.78, 5) is 14.7. The largest absolute Gasteiger partial charge is 0.391 e. The smallest absolute Gasteiger partial charge is 0.225 e. The number of aliphatic hydroxyl groups is 1. The van der Waals surface area contributed by atoms with E-state index < -0.39 is 11.6 Å². The number of rotatable bonds is 5. The van der Waals surface area contributed by atoms with Gasteiger partial charge in [0.15, 0.2) is 17.5 Å². The number of hydrogen-bond donors (Lipinski definition) is 3. The van der Waals surface area contributed by atoms with Crippen molar-refractivity contribution in [1.29, 1.82) is 0 Å². The number of halogens is 2.